The first-order valence-electron chi connectivity index (χ1n) is 7.20. The van der Waals surface area contributed by atoms with Crippen LogP contribution in [-0.2, 0) is 4.79 Å². The molecule has 1 heterocycles. The maximum absolute atomic E-state index is 12.1. The second-order valence-corrected chi connectivity index (χ2v) is 6.10. The molecule has 0 bridgehead atoms. The molecule has 0 aromatic rings. The van der Waals surface area contributed by atoms with Crippen LogP contribution < -0.4 is 10.6 Å². The number of aliphatic imine (C=N–C) groups is 1. The zero-order chi connectivity index (χ0) is 13.2. The first-order valence-corrected chi connectivity index (χ1v) is 7.20. The molecule has 0 aromatic heterocycles. The molecule has 2 aliphatic rings. The fourth-order valence-corrected chi connectivity index (χ4v) is 2.83. The number of rotatable bonds is 3. The number of hydrogen-bond acceptors (Lipinski definition) is 2. The SMILES string of the molecule is CCC1CCC2(CC1)NC(=NCC(C)C)NC2=O. The summed E-state index contributed by atoms with van der Waals surface area (Å²) < 4.78 is 0. The molecule has 1 aliphatic heterocycles. The Balaban J connectivity index is 1.99. The molecule has 4 nitrogen and oxygen atoms in total. The summed E-state index contributed by atoms with van der Waals surface area (Å²) in [6.45, 7) is 7.25. The van der Waals surface area contributed by atoms with Gasteiger partial charge in [0.25, 0.3) is 5.91 Å². The van der Waals surface area contributed by atoms with Crippen LogP contribution in [0.3, 0.4) is 0 Å². The standard InChI is InChI=1S/C14H25N3O/c1-4-11-5-7-14(8-6-11)12(18)16-13(17-14)15-9-10(2)3/h10-11H,4-9H2,1-3H3,(H2,15,16,17,18). The Morgan fingerprint density at radius 3 is 2.61 bits per heavy atom. The summed E-state index contributed by atoms with van der Waals surface area (Å²) in [5, 5.41) is 6.25. The third-order valence-electron chi connectivity index (χ3n) is 4.17. The second kappa shape index (κ2) is 5.29. The maximum atomic E-state index is 12.1. The average molecular weight is 251 g/mol. The molecule has 4 heteroatoms. The van der Waals surface area contributed by atoms with Crippen molar-refractivity contribution in [3.8, 4) is 0 Å². The van der Waals surface area contributed by atoms with Gasteiger partial charge in [-0.15, -0.1) is 0 Å². The van der Waals surface area contributed by atoms with E-state index in [4.69, 9.17) is 0 Å². The minimum absolute atomic E-state index is 0.125. The Labute approximate surface area is 110 Å². The smallest absolute Gasteiger partial charge is 0.252 e. The molecular formula is C14H25N3O. The topological polar surface area (TPSA) is 53.5 Å². The summed E-state index contributed by atoms with van der Waals surface area (Å²) in [5.74, 6) is 2.12. The molecule has 0 unspecified atom stereocenters. The normalized spacial score (nSPS) is 34.1. The predicted molar refractivity (Wildman–Crippen MR) is 73.4 cm³/mol. The van der Waals surface area contributed by atoms with Crippen molar-refractivity contribution in [2.24, 2.45) is 16.8 Å². The molecule has 18 heavy (non-hydrogen) atoms. The van der Waals surface area contributed by atoms with Crippen molar-refractivity contribution in [2.45, 2.75) is 58.4 Å². The van der Waals surface area contributed by atoms with Crippen LogP contribution in [0.2, 0.25) is 0 Å². The first-order chi connectivity index (χ1) is 8.55. The minimum atomic E-state index is -0.360. The van der Waals surface area contributed by atoms with Crippen LogP contribution in [0.25, 0.3) is 0 Å². The van der Waals surface area contributed by atoms with Gasteiger partial charge in [-0.05, 0) is 37.5 Å². The van der Waals surface area contributed by atoms with Crippen molar-refractivity contribution >= 4 is 11.9 Å². The van der Waals surface area contributed by atoms with Crippen LogP contribution in [0, 0.1) is 11.8 Å². The van der Waals surface area contributed by atoms with E-state index in [1.807, 2.05) is 0 Å². The number of amides is 1. The van der Waals surface area contributed by atoms with Gasteiger partial charge in [-0.1, -0.05) is 27.2 Å². The third-order valence-corrected chi connectivity index (χ3v) is 4.17. The van der Waals surface area contributed by atoms with E-state index < -0.39 is 0 Å². The molecule has 1 aliphatic carbocycles. The van der Waals surface area contributed by atoms with E-state index in [0.717, 1.165) is 38.1 Å². The van der Waals surface area contributed by atoms with Gasteiger partial charge < -0.3 is 5.32 Å². The number of carbonyl (C=O) groups is 1. The number of hydrogen-bond donors (Lipinski definition) is 2. The summed E-state index contributed by atoms with van der Waals surface area (Å²) in [5.41, 5.74) is -0.360. The molecule has 0 radical (unpaired) electrons. The van der Waals surface area contributed by atoms with Crippen molar-refractivity contribution in [3.63, 3.8) is 0 Å². The molecule has 2 N–H and O–H groups in total. The Morgan fingerprint density at radius 2 is 2.06 bits per heavy atom. The van der Waals surface area contributed by atoms with Crippen LogP contribution in [0.15, 0.2) is 4.99 Å². The molecule has 2 rings (SSSR count). The molecule has 0 atom stereocenters. The highest BCUT2D eigenvalue weighted by atomic mass is 16.2. The van der Waals surface area contributed by atoms with Crippen LogP contribution in [-0.4, -0.2) is 24.0 Å². The average Bonchev–Trinajstić information content (AvgIpc) is 2.65. The molecular weight excluding hydrogens is 226 g/mol. The molecule has 1 amide bonds. The second-order valence-electron chi connectivity index (χ2n) is 6.10. The number of guanidine groups is 1. The van der Waals surface area contributed by atoms with Crippen LogP contribution in [0.1, 0.15) is 52.9 Å². The first kappa shape index (κ1) is 13.4. The van der Waals surface area contributed by atoms with E-state index in [9.17, 15) is 4.79 Å². The molecule has 0 aromatic carbocycles. The summed E-state index contributed by atoms with van der Waals surface area (Å²) in [6, 6.07) is 0. The lowest BCUT2D eigenvalue weighted by molar-refractivity contribution is -0.125. The van der Waals surface area contributed by atoms with E-state index in [2.05, 4.69) is 36.4 Å². The minimum Gasteiger partial charge on any atom is -0.342 e. The van der Waals surface area contributed by atoms with E-state index in [1.54, 1.807) is 0 Å². The Bertz CT molecular complexity index is 341. The third kappa shape index (κ3) is 2.68. The maximum Gasteiger partial charge on any atom is 0.252 e. The fourth-order valence-electron chi connectivity index (χ4n) is 2.83. The highest BCUT2D eigenvalue weighted by molar-refractivity contribution is 6.09. The zero-order valence-corrected chi connectivity index (χ0v) is 11.8. The van der Waals surface area contributed by atoms with E-state index in [-0.39, 0.29) is 11.4 Å². The van der Waals surface area contributed by atoms with Crippen molar-refractivity contribution in [2.75, 3.05) is 6.54 Å². The molecule has 1 spiro atoms. The largest absolute Gasteiger partial charge is 0.342 e. The van der Waals surface area contributed by atoms with Gasteiger partial charge in [-0.25, -0.2) is 0 Å². The molecule has 2 fully saturated rings. The van der Waals surface area contributed by atoms with Gasteiger partial charge in [0.2, 0.25) is 0 Å². The van der Waals surface area contributed by atoms with Gasteiger partial charge in [0, 0.05) is 6.54 Å². The number of carbonyl (C=O) groups excluding carboxylic acids is 1. The van der Waals surface area contributed by atoms with Gasteiger partial charge in [-0.2, -0.15) is 0 Å². The van der Waals surface area contributed by atoms with E-state index >= 15 is 0 Å². The number of nitrogens with zero attached hydrogens (tertiary/aromatic N) is 1. The molecule has 1 saturated heterocycles. The van der Waals surface area contributed by atoms with Crippen LogP contribution >= 0.6 is 0 Å². The zero-order valence-electron chi connectivity index (χ0n) is 11.8. The molecule has 1 saturated carbocycles. The summed E-state index contributed by atoms with van der Waals surface area (Å²) in [7, 11) is 0. The Kier molecular flexibility index (Phi) is 3.93. The summed E-state index contributed by atoms with van der Waals surface area (Å²) in [4.78, 5) is 16.6. The highest BCUT2D eigenvalue weighted by Gasteiger charge is 2.46. The predicted octanol–water partition coefficient (Wildman–Crippen LogP) is 2.06. The Hall–Kier alpha value is -1.06. The highest BCUT2D eigenvalue weighted by Crippen LogP contribution is 2.35. The lowest BCUT2D eigenvalue weighted by atomic mass is 9.76. The quantitative estimate of drug-likeness (QED) is 0.806. The van der Waals surface area contributed by atoms with Gasteiger partial charge >= 0.3 is 0 Å². The van der Waals surface area contributed by atoms with Crippen molar-refractivity contribution in [1.82, 2.24) is 10.6 Å². The number of nitrogens with one attached hydrogen (secondary N) is 2. The van der Waals surface area contributed by atoms with Crippen molar-refractivity contribution < 1.29 is 4.79 Å². The fraction of sp³-hybridized carbons (Fsp3) is 0.857. The van der Waals surface area contributed by atoms with E-state index in [1.165, 1.54) is 6.42 Å². The van der Waals surface area contributed by atoms with Crippen molar-refractivity contribution in [3.05, 3.63) is 0 Å². The molecule has 102 valence electrons. The summed E-state index contributed by atoms with van der Waals surface area (Å²) >= 11 is 0. The van der Waals surface area contributed by atoms with E-state index in [0.29, 0.717) is 11.9 Å². The van der Waals surface area contributed by atoms with Crippen LogP contribution in [0.5, 0.6) is 0 Å². The Morgan fingerprint density at radius 1 is 1.39 bits per heavy atom. The lowest BCUT2D eigenvalue weighted by Gasteiger charge is -2.34. The lowest BCUT2D eigenvalue weighted by Crippen LogP contribution is -2.49. The van der Waals surface area contributed by atoms with Gasteiger partial charge in [-0.3, -0.25) is 15.1 Å². The summed E-state index contributed by atoms with van der Waals surface area (Å²) in [6.07, 6.45) is 5.41. The van der Waals surface area contributed by atoms with Gasteiger partial charge in [0.05, 0.1) is 0 Å². The van der Waals surface area contributed by atoms with Crippen LogP contribution in [0.4, 0.5) is 0 Å². The van der Waals surface area contributed by atoms with Crippen molar-refractivity contribution in [1.29, 1.82) is 0 Å². The van der Waals surface area contributed by atoms with Gasteiger partial charge in [0.15, 0.2) is 5.96 Å². The van der Waals surface area contributed by atoms with Gasteiger partial charge in [0.1, 0.15) is 5.54 Å². The monoisotopic (exact) mass is 251 g/mol.